The van der Waals surface area contributed by atoms with Crippen LogP contribution in [0.5, 0.6) is 0 Å². The van der Waals surface area contributed by atoms with E-state index in [0.717, 1.165) is 5.69 Å². The molecule has 1 atom stereocenters. The number of aromatic nitrogens is 2. The fourth-order valence-electron chi connectivity index (χ4n) is 2.23. The molecule has 2 amide bonds. The molecule has 0 aromatic carbocycles. The second kappa shape index (κ2) is 6.64. The van der Waals surface area contributed by atoms with Gasteiger partial charge in [-0.1, -0.05) is 20.8 Å². The fraction of sp³-hybridized carbons (Fsp3) is 0.353. The van der Waals surface area contributed by atoms with Crippen LogP contribution in [-0.4, -0.2) is 34.5 Å². The van der Waals surface area contributed by atoms with Crippen LogP contribution in [0.4, 0.5) is 0 Å². The summed E-state index contributed by atoms with van der Waals surface area (Å²) >= 11 is 0. The van der Waals surface area contributed by atoms with Gasteiger partial charge in [0.15, 0.2) is 0 Å². The van der Waals surface area contributed by atoms with Crippen LogP contribution in [0.3, 0.4) is 0 Å². The maximum absolute atomic E-state index is 12.5. The largest absolute Gasteiger partial charge is 0.357 e. The maximum Gasteiger partial charge on any atom is 0.253 e. The van der Waals surface area contributed by atoms with E-state index >= 15 is 0 Å². The molecule has 2 heterocycles. The predicted molar refractivity (Wildman–Crippen MR) is 88.3 cm³/mol. The van der Waals surface area contributed by atoms with Crippen LogP contribution in [0.25, 0.3) is 5.69 Å². The molecule has 6 nitrogen and oxygen atoms in total. The number of nitrogens with one attached hydrogen (secondary N) is 2. The summed E-state index contributed by atoms with van der Waals surface area (Å²) in [5.41, 5.74) is 0.797. The Morgan fingerprint density at radius 3 is 2.39 bits per heavy atom. The molecule has 0 radical (unpaired) electrons. The van der Waals surface area contributed by atoms with Gasteiger partial charge in [-0.15, -0.1) is 0 Å². The lowest BCUT2D eigenvalue weighted by molar-refractivity contribution is -0.124. The van der Waals surface area contributed by atoms with Crippen LogP contribution < -0.4 is 10.6 Å². The molecule has 122 valence electrons. The minimum Gasteiger partial charge on any atom is -0.357 e. The van der Waals surface area contributed by atoms with Crippen molar-refractivity contribution in [1.29, 1.82) is 0 Å². The number of amides is 2. The first-order chi connectivity index (χ1) is 10.8. The van der Waals surface area contributed by atoms with Gasteiger partial charge in [0.25, 0.3) is 5.91 Å². The van der Waals surface area contributed by atoms with Gasteiger partial charge in [0.1, 0.15) is 6.04 Å². The van der Waals surface area contributed by atoms with Gasteiger partial charge in [-0.25, -0.2) is 0 Å². The highest BCUT2D eigenvalue weighted by Crippen LogP contribution is 2.20. The molecule has 23 heavy (non-hydrogen) atoms. The standard InChI is InChI=1S/C17H22N4O2/c1-17(2,3)14(16(23)18-4)20-15(22)12-9-13(11-19-10-12)21-7-5-6-8-21/h5-11,14H,1-4H3,(H,18,23)(H,20,22)/t14-/m0/s1. The van der Waals surface area contributed by atoms with E-state index in [-0.39, 0.29) is 11.8 Å². The Kier molecular flexibility index (Phi) is 4.83. The Bertz CT molecular complexity index is 687. The molecule has 0 fully saturated rings. The molecule has 0 spiro atoms. The van der Waals surface area contributed by atoms with Crippen molar-refractivity contribution in [1.82, 2.24) is 20.2 Å². The summed E-state index contributed by atoms with van der Waals surface area (Å²) in [5, 5.41) is 5.39. The molecule has 0 saturated carbocycles. The zero-order chi connectivity index (χ0) is 17.0. The van der Waals surface area contributed by atoms with E-state index < -0.39 is 11.5 Å². The Morgan fingerprint density at radius 2 is 1.83 bits per heavy atom. The summed E-state index contributed by atoms with van der Waals surface area (Å²) in [6.45, 7) is 5.71. The Hall–Kier alpha value is -2.63. The molecule has 0 unspecified atom stereocenters. The number of carbonyl (C=O) groups is 2. The van der Waals surface area contributed by atoms with Crippen molar-refractivity contribution in [2.24, 2.45) is 5.41 Å². The predicted octanol–water partition coefficient (Wildman–Crippen LogP) is 1.76. The van der Waals surface area contributed by atoms with Gasteiger partial charge >= 0.3 is 0 Å². The van der Waals surface area contributed by atoms with Crippen molar-refractivity contribution in [2.75, 3.05) is 7.05 Å². The molecular formula is C17H22N4O2. The van der Waals surface area contributed by atoms with Crippen molar-refractivity contribution in [3.05, 3.63) is 48.5 Å². The third-order valence-corrected chi connectivity index (χ3v) is 3.54. The van der Waals surface area contributed by atoms with Crippen molar-refractivity contribution >= 4 is 11.8 Å². The zero-order valence-corrected chi connectivity index (χ0v) is 13.8. The van der Waals surface area contributed by atoms with Crippen LogP contribution in [-0.2, 0) is 4.79 Å². The molecule has 2 N–H and O–H groups in total. The maximum atomic E-state index is 12.5. The number of likely N-dealkylation sites (N-methyl/N-ethyl adjacent to an activating group) is 1. The van der Waals surface area contributed by atoms with E-state index in [1.54, 1.807) is 19.3 Å². The van der Waals surface area contributed by atoms with Gasteiger partial charge in [-0.05, 0) is 23.6 Å². The number of hydrogen-bond donors (Lipinski definition) is 2. The number of carbonyl (C=O) groups excluding carboxylic acids is 2. The van der Waals surface area contributed by atoms with Crippen LogP contribution in [0.15, 0.2) is 43.0 Å². The third-order valence-electron chi connectivity index (χ3n) is 3.54. The number of nitrogens with zero attached hydrogens (tertiary/aromatic N) is 2. The first kappa shape index (κ1) is 16.7. The van der Waals surface area contributed by atoms with Gasteiger partial charge < -0.3 is 15.2 Å². The molecule has 6 heteroatoms. The van der Waals surface area contributed by atoms with Crippen molar-refractivity contribution in [3.63, 3.8) is 0 Å². The van der Waals surface area contributed by atoms with E-state index in [1.165, 1.54) is 6.20 Å². The van der Waals surface area contributed by atoms with Gasteiger partial charge in [-0.2, -0.15) is 0 Å². The molecular weight excluding hydrogens is 292 g/mol. The lowest BCUT2D eigenvalue weighted by Gasteiger charge is -2.29. The van der Waals surface area contributed by atoms with E-state index in [4.69, 9.17) is 0 Å². The smallest absolute Gasteiger partial charge is 0.253 e. The molecule has 0 saturated heterocycles. The summed E-state index contributed by atoms with van der Waals surface area (Å²) in [6.07, 6.45) is 6.92. The summed E-state index contributed by atoms with van der Waals surface area (Å²) in [6, 6.07) is 4.91. The summed E-state index contributed by atoms with van der Waals surface area (Å²) in [7, 11) is 1.56. The molecule has 2 aromatic rings. The van der Waals surface area contributed by atoms with E-state index in [9.17, 15) is 9.59 Å². The molecule has 0 aliphatic carbocycles. The SMILES string of the molecule is CNC(=O)[C@H](NC(=O)c1cncc(-n2cccc2)c1)C(C)(C)C. The second-order valence-electron chi connectivity index (χ2n) is 6.41. The minimum absolute atomic E-state index is 0.222. The molecule has 2 aromatic heterocycles. The van der Waals surface area contributed by atoms with Crippen molar-refractivity contribution < 1.29 is 9.59 Å². The highest BCUT2D eigenvalue weighted by atomic mass is 16.2. The van der Waals surface area contributed by atoms with Crippen LogP contribution in [0, 0.1) is 5.41 Å². The van der Waals surface area contributed by atoms with Gasteiger partial charge in [-0.3, -0.25) is 14.6 Å². The summed E-state index contributed by atoms with van der Waals surface area (Å²) < 4.78 is 1.86. The second-order valence-corrected chi connectivity index (χ2v) is 6.41. The first-order valence-corrected chi connectivity index (χ1v) is 7.44. The Labute approximate surface area is 135 Å². The first-order valence-electron chi connectivity index (χ1n) is 7.44. The highest BCUT2D eigenvalue weighted by molar-refractivity contribution is 5.97. The zero-order valence-electron chi connectivity index (χ0n) is 13.8. The average Bonchev–Trinajstić information content (AvgIpc) is 3.05. The molecule has 0 bridgehead atoms. The highest BCUT2D eigenvalue weighted by Gasteiger charge is 2.32. The Balaban J connectivity index is 2.23. The van der Waals surface area contributed by atoms with Crippen molar-refractivity contribution in [3.8, 4) is 5.69 Å². The average molecular weight is 314 g/mol. The van der Waals surface area contributed by atoms with Gasteiger partial charge in [0, 0.05) is 25.6 Å². The van der Waals surface area contributed by atoms with Crippen LogP contribution in [0.1, 0.15) is 31.1 Å². The van der Waals surface area contributed by atoms with E-state index in [1.807, 2.05) is 49.9 Å². The monoisotopic (exact) mass is 314 g/mol. The lowest BCUT2D eigenvalue weighted by Crippen LogP contribution is -2.52. The number of rotatable bonds is 4. The molecule has 2 rings (SSSR count). The van der Waals surface area contributed by atoms with Gasteiger partial charge in [0.2, 0.25) is 5.91 Å². The van der Waals surface area contributed by atoms with E-state index in [0.29, 0.717) is 5.56 Å². The number of hydrogen-bond acceptors (Lipinski definition) is 3. The molecule has 0 aliphatic rings. The number of pyridine rings is 1. The van der Waals surface area contributed by atoms with Gasteiger partial charge in [0.05, 0.1) is 17.4 Å². The minimum atomic E-state index is -0.629. The molecule has 0 aliphatic heterocycles. The van der Waals surface area contributed by atoms with E-state index in [2.05, 4.69) is 15.6 Å². The fourth-order valence-corrected chi connectivity index (χ4v) is 2.23. The van der Waals surface area contributed by atoms with Crippen molar-refractivity contribution in [2.45, 2.75) is 26.8 Å². The Morgan fingerprint density at radius 1 is 1.17 bits per heavy atom. The summed E-state index contributed by atoms with van der Waals surface area (Å²) in [4.78, 5) is 28.7. The van der Waals surface area contributed by atoms with Crippen LogP contribution in [0.2, 0.25) is 0 Å². The summed E-state index contributed by atoms with van der Waals surface area (Å²) in [5.74, 6) is -0.546. The van der Waals surface area contributed by atoms with Crippen LogP contribution >= 0.6 is 0 Å². The third kappa shape index (κ3) is 3.97. The lowest BCUT2D eigenvalue weighted by atomic mass is 9.86. The quantitative estimate of drug-likeness (QED) is 0.903. The normalized spacial score (nSPS) is 12.5. The topological polar surface area (TPSA) is 76.0 Å².